The smallest absolute Gasteiger partial charge is 0.246 e. The molecular weight excluding hydrogens is 524 g/mol. The van der Waals surface area contributed by atoms with Crippen LogP contribution >= 0.6 is 27.3 Å². The van der Waals surface area contributed by atoms with Crippen LogP contribution in [0.1, 0.15) is 11.3 Å². The molecule has 0 N–H and O–H groups in total. The fourth-order valence-corrected chi connectivity index (χ4v) is 6.55. The number of benzene rings is 2. The lowest BCUT2D eigenvalue weighted by Crippen LogP contribution is -2.48. The Balaban J connectivity index is 1.44. The molecule has 170 valence electrons. The Bertz CT molecular complexity index is 1210. The van der Waals surface area contributed by atoms with Crippen molar-refractivity contribution in [3.8, 4) is 5.75 Å². The van der Waals surface area contributed by atoms with Crippen molar-refractivity contribution in [1.82, 2.24) is 9.29 Å². The van der Waals surface area contributed by atoms with Gasteiger partial charge in [0.2, 0.25) is 10.0 Å². The molecule has 3 aromatic rings. The number of thiazole rings is 1. The normalized spacial score (nSPS) is 15.2. The van der Waals surface area contributed by atoms with E-state index in [1.54, 1.807) is 18.2 Å². The lowest BCUT2D eigenvalue weighted by molar-refractivity contribution is 0.374. The summed E-state index contributed by atoms with van der Waals surface area (Å²) in [6.07, 6.45) is 0.322. The van der Waals surface area contributed by atoms with Gasteiger partial charge in [-0.15, -0.1) is 11.3 Å². The van der Waals surface area contributed by atoms with Gasteiger partial charge in [0, 0.05) is 48.5 Å². The molecule has 4 rings (SSSR count). The highest BCUT2D eigenvalue weighted by Gasteiger charge is 2.31. The summed E-state index contributed by atoms with van der Waals surface area (Å²) in [5, 5.41) is 2.61. The fraction of sp³-hybridized carbons (Fsp3) is 0.286. The molecule has 11 heteroatoms. The van der Waals surface area contributed by atoms with Gasteiger partial charge >= 0.3 is 0 Å². The third-order valence-electron chi connectivity index (χ3n) is 5.10. The monoisotopic (exact) mass is 543 g/mol. The predicted molar refractivity (Wildman–Crippen MR) is 123 cm³/mol. The van der Waals surface area contributed by atoms with Crippen molar-refractivity contribution >= 4 is 42.4 Å². The molecule has 0 amide bonds. The minimum atomic E-state index is -3.71. The highest BCUT2D eigenvalue weighted by molar-refractivity contribution is 9.10. The minimum absolute atomic E-state index is 0.127. The first-order valence-corrected chi connectivity index (χ1v) is 12.9. The summed E-state index contributed by atoms with van der Waals surface area (Å²) in [5.74, 6) is -0.932. The van der Waals surface area contributed by atoms with Crippen LogP contribution in [0, 0.1) is 11.6 Å². The summed E-state index contributed by atoms with van der Waals surface area (Å²) < 4.78 is 60.5. The van der Waals surface area contributed by atoms with Crippen LogP contribution < -0.4 is 9.64 Å². The molecule has 0 spiro atoms. The fourth-order valence-electron chi connectivity index (χ4n) is 3.56. The average molecular weight is 544 g/mol. The summed E-state index contributed by atoms with van der Waals surface area (Å²) in [5.41, 5.74) is 1.22. The first kappa shape index (κ1) is 23.1. The van der Waals surface area contributed by atoms with Gasteiger partial charge in [0.25, 0.3) is 0 Å². The van der Waals surface area contributed by atoms with Crippen LogP contribution in [0.5, 0.6) is 5.75 Å². The van der Waals surface area contributed by atoms with Gasteiger partial charge in [0.1, 0.15) is 22.3 Å². The third kappa shape index (κ3) is 4.95. The minimum Gasteiger partial charge on any atom is -0.495 e. The van der Waals surface area contributed by atoms with E-state index in [0.29, 0.717) is 54.1 Å². The Hall–Kier alpha value is -2.08. The third-order valence-corrected chi connectivity index (χ3v) is 8.46. The number of hydrogen-bond acceptors (Lipinski definition) is 6. The molecule has 6 nitrogen and oxygen atoms in total. The Morgan fingerprint density at radius 3 is 2.44 bits per heavy atom. The van der Waals surface area contributed by atoms with Gasteiger partial charge in [-0.05, 0) is 35.9 Å². The molecule has 1 aromatic heterocycles. The Labute approximate surface area is 197 Å². The molecule has 2 aromatic carbocycles. The molecular formula is C21H20BrF2N3O3S2. The molecule has 1 fully saturated rings. The number of sulfonamides is 1. The van der Waals surface area contributed by atoms with E-state index < -0.39 is 21.7 Å². The number of hydrogen-bond donors (Lipinski definition) is 0. The van der Waals surface area contributed by atoms with Crippen LogP contribution in [-0.4, -0.2) is 51.0 Å². The molecule has 2 heterocycles. The maximum absolute atomic E-state index is 13.4. The number of aromatic nitrogens is 1. The van der Waals surface area contributed by atoms with E-state index >= 15 is 0 Å². The van der Waals surface area contributed by atoms with E-state index in [2.05, 4.69) is 20.9 Å². The number of rotatable bonds is 6. The largest absolute Gasteiger partial charge is 0.495 e. The van der Waals surface area contributed by atoms with Crippen LogP contribution in [0.25, 0.3) is 0 Å². The van der Waals surface area contributed by atoms with Crippen molar-refractivity contribution in [3.05, 3.63) is 69.1 Å². The van der Waals surface area contributed by atoms with Gasteiger partial charge in [-0.2, -0.15) is 4.31 Å². The number of halogens is 3. The summed E-state index contributed by atoms with van der Waals surface area (Å²) >= 11 is 4.75. The molecule has 0 atom stereocenters. The van der Waals surface area contributed by atoms with Gasteiger partial charge in [0.05, 0.1) is 12.8 Å². The zero-order valence-electron chi connectivity index (χ0n) is 17.1. The topological polar surface area (TPSA) is 62.7 Å². The maximum Gasteiger partial charge on any atom is 0.246 e. The Morgan fingerprint density at radius 1 is 1.09 bits per heavy atom. The maximum atomic E-state index is 13.4. The van der Waals surface area contributed by atoms with Crippen molar-refractivity contribution < 1.29 is 21.9 Å². The molecule has 0 bridgehead atoms. The highest BCUT2D eigenvalue weighted by Crippen LogP contribution is 2.31. The van der Waals surface area contributed by atoms with E-state index in [-0.39, 0.29) is 4.90 Å². The van der Waals surface area contributed by atoms with Crippen molar-refractivity contribution in [3.63, 3.8) is 0 Å². The van der Waals surface area contributed by atoms with Crippen LogP contribution in [0.15, 0.2) is 51.1 Å². The van der Waals surface area contributed by atoms with Crippen LogP contribution in [-0.2, 0) is 16.4 Å². The van der Waals surface area contributed by atoms with E-state index in [0.717, 1.165) is 11.2 Å². The van der Waals surface area contributed by atoms with Crippen LogP contribution in [0.3, 0.4) is 0 Å². The predicted octanol–water partition coefficient (Wildman–Crippen LogP) is 4.29. The van der Waals surface area contributed by atoms with E-state index in [1.807, 2.05) is 10.3 Å². The zero-order chi connectivity index (χ0) is 22.9. The molecule has 1 aliphatic heterocycles. The summed E-state index contributed by atoms with van der Waals surface area (Å²) in [7, 11) is -2.27. The lowest BCUT2D eigenvalue weighted by Gasteiger charge is -2.34. The average Bonchev–Trinajstić information content (AvgIpc) is 3.21. The molecule has 32 heavy (non-hydrogen) atoms. The molecule has 0 saturated carbocycles. The Kier molecular flexibility index (Phi) is 6.80. The van der Waals surface area contributed by atoms with Crippen molar-refractivity contribution in [2.24, 2.45) is 0 Å². The van der Waals surface area contributed by atoms with E-state index in [9.17, 15) is 17.2 Å². The van der Waals surface area contributed by atoms with Gasteiger partial charge in [0.15, 0.2) is 5.13 Å². The highest BCUT2D eigenvalue weighted by atomic mass is 79.9. The van der Waals surface area contributed by atoms with Crippen molar-refractivity contribution in [2.45, 2.75) is 11.3 Å². The summed E-state index contributed by atoms with van der Waals surface area (Å²) in [6.45, 7) is 1.58. The van der Waals surface area contributed by atoms with Crippen LogP contribution in [0.2, 0.25) is 0 Å². The first-order chi connectivity index (χ1) is 15.3. The molecule has 1 saturated heterocycles. The van der Waals surface area contributed by atoms with Gasteiger partial charge in [-0.25, -0.2) is 22.2 Å². The summed E-state index contributed by atoms with van der Waals surface area (Å²) in [4.78, 5) is 6.72. The number of nitrogens with zero attached hydrogens (tertiary/aromatic N) is 3. The second-order valence-corrected chi connectivity index (χ2v) is 10.9. The molecule has 1 aliphatic rings. The number of methoxy groups -OCH3 is 1. The number of ether oxygens (including phenoxy) is 1. The number of anilines is 1. The second kappa shape index (κ2) is 9.42. The molecule has 0 aliphatic carbocycles. The van der Waals surface area contributed by atoms with Gasteiger partial charge < -0.3 is 9.64 Å². The second-order valence-electron chi connectivity index (χ2n) is 7.26. The van der Waals surface area contributed by atoms with Gasteiger partial charge in [-0.3, -0.25) is 0 Å². The van der Waals surface area contributed by atoms with E-state index in [4.69, 9.17) is 4.74 Å². The summed E-state index contributed by atoms with van der Waals surface area (Å²) in [6, 6.07) is 8.32. The quantitative estimate of drug-likeness (QED) is 0.464. The molecule has 0 unspecified atom stereocenters. The van der Waals surface area contributed by atoms with Gasteiger partial charge in [-0.1, -0.05) is 15.9 Å². The van der Waals surface area contributed by atoms with Crippen LogP contribution in [0.4, 0.5) is 13.9 Å². The number of piperazine rings is 1. The zero-order valence-corrected chi connectivity index (χ0v) is 20.3. The van der Waals surface area contributed by atoms with E-state index in [1.165, 1.54) is 34.9 Å². The molecule has 0 radical (unpaired) electrons. The SMILES string of the molecule is COc1ccc(Br)cc1S(=O)(=O)N1CCN(c2nc(Cc3cc(F)cc(F)c3)cs2)CC1. The lowest BCUT2D eigenvalue weighted by atomic mass is 10.1. The Morgan fingerprint density at radius 2 is 1.78 bits per heavy atom. The first-order valence-electron chi connectivity index (χ1n) is 9.74. The van der Waals surface area contributed by atoms with Crippen molar-refractivity contribution in [2.75, 3.05) is 38.2 Å². The van der Waals surface area contributed by atoms with Crippen molar-refractivity contribution in [1.29, 1.82) is 0 Å². The standard InChI is InChI=1S/C21H20BrF2N3O3S2/c1-30-19-3-2-15(22)11-20(19)32(28,29)27-6-4-26(5-7-27)21-25-18(13-31-21)10-14-8-16(23)12-17(24)9-14/h2-3,8-9,11-13H,4-7,10H2,1H3.